The van der Waals surface area contributed by atoms with Crippen LogP contribution < -0.4 is 10.2 Å². The van der Waals surface area contributed by atoms with Crippen LogP contribution in [-0.4, -0.2) is 53.6 Å². The summed E-state index contributed by atoms with van der Waals surface area (Å²) in [6.45, 7) is 5.49. The maximum absolute atomic E-state index is 12.9. The van der Waals surface area contributed by atoms with Crippen molar-refractivity contribution in [2.45, 2.75) is 13.1 Å². The predicted molar refractivity (Wildman–Crippen MR) is 158 cm³/mol. The minimum Gasteiger partial charge on any atom is -0.369 e. The Morgan fingerprint density at radius 3 is 2.21 bits per heavy atom. The van der Waals surface area contributed by atoms with Gasteiger partial charge in [0.1, 0.15) is 5.82 Å². The molecule has 0 bridgehead atoms. The lowest BCUT2D eigenvalue weighted by atomic mass is 10.1. The molecule has 1 aliphatic heterocycles. The van der Waals surface area contributed by atoms with Crippen LogP contribution in [0.25, 0.3) is 22.4 Å². The van der Waals surface area contributed by atoms with Crippen LogP contribution in [0.4, 0.5) is 5.69 Å². The van der Waals surface area contributed by atoms with E-state index in [1.807, 2.05) is 48.5 Å². The molecule has 1 fully saturated rings. The van der Waals surface area contributed by atoms with Gasteiger partial charge in [0, 0.05) is 56.1 Å². The van der Waals surface area contributed by atoms with E-state index in [0.717, 1.165) is 60.7 Å². The highest BCUT2D eigenvalue weighted by Gasteiger charge is 2.15. The molecule has 1 aromatic heterocycles. The zero-order chi connectivity index (χ0) is 26.6. The SMILES string of the molecule is CN1CCN(c2ccc(CNC(=O)c3ccc(-c4nc5ccccc5n4Cc4ccccc4)cc3)cc2)CC1. The summed E-state index contributed by atoms with van der Waals surface area (Å²) < 4.78 is 2.24. The zero-order valence-corrected chi connectivity index (χ0v) is 22.3. The smallest absolute Gasteiger partial charge is 0.251 e. The van der Waals surface area contributed by atoms with Crippen LogP contribution in [0.2, 0.25) is 0 Å². The minimum atomic E-state index is -0.0810. The molecule has 1 saturated heterocycles. The van der Waals surface area contributed by atoms with Gasteiger partial charge in [-0.2, -0.15) is 0 Å². The van der Waals surface area contributed by atoms with Crippen molar-refractivity contribution < 1.29 is 4.79 Å². The van der Waals surface area contributed by atoms with E-state index in [1.54, 1.807) is 0 Å². The number of para-hydroxylation sites is 2. The summed E-state index contributed by atoms with van der Waals surface area (Å²) in [6.07, 6.45) is 0. The van der Waals surface area contributed by atoms with Gasteiger partial charge < -0.3 is 19.7 Å². The lowest BCUT2D eigenvalue weighted by molar-refractivity contribution is 0.0951. The number of aromatic nitrogens is 2. The lowest BCUT2D eigenvalue weighted by Gasteiger charge is -2.34. The topological polar surface area (TPSA) is 53.4 Å². The minimum absolute atomic E-state index is 0.0810. The molecule has 0 unspecified atom stereocenters. The van der Waals surface area contributed by atoms with E-state index in [4.69, 9.17) is 4.98 Å². The van der Waals surface area contributed by atoms with Gasteiger partial charge in [-0.25, -0.2) is 4.98 Å². The van der Waals surface area contributed by atoms with Crippen LogP contribution >= 0.6 is 0 Å². The number of amides is 1. The van der Waals surface area contributed by atoms with Gasteiger partial charge in [0.05, 0.1) is 11.0 Å². The van der Waals surface area contributed by atoms with Crippen molar-refractivity contribution in [3.05, 3.63) is 120 Å². The van der Waals surface area contributed by atoms with Gasteiger partial charge in [-0.05, 0) is 54.6 Å². The molecule has 6 nitrogen and oxygen atoms in total. The van der Waals surface area contributed by atoms with Crippen molar-refractivity contribution in [2.75, 3.05) is 38.1 Å². The molecule has 1 amide bonds. The summed E-state index contributed by atoms with van der Waals surface area (Å²) in [4.78, 5) is 22.6. The van der Waals surface area contributed by atoms with Crippen LogP contribution in [0, 0.1) is 0 Å². The molecule has 6 heteroatoms. The van der Waals surface area contributed by atoms with Crippen molar-refractivity contribution in [3.63, 3.8) is 0 Å². The third-order valence-corrected chi connectivity index (χ3v) is 7.50. The fraction of sp³-hybridized carbons (Fsp3) is 0.212. The molecule has 0 radical (unpaired) electrons. The van der Waals surface area contributed by atoms with Crippen LogP contribution in [-0.2, 0) is 13.1 Å². The molecule has 4 aromatic carbocycles. The molecule has 196 valence electrons. The van der Waals surface area contributed by atoms with Gasteiger partial charge in [0.25, 0.3) is 5.91 Å². The van der Waals surface area contributed by atoms with E-state index in [2.05, 4.69) is 81.3 Å². The van der Waals surface area contributed by atoms with E-state index >= 15 is 0 Å². The number of hydrogen-bond donors (Lipinski definition) is 1. The van der Waals surface area contributed by atoms with Crippen molar-refractivity contribution >= 4 is 22.6 Å². The van der Waals surface area contributed by atoms with Crippen molar-refractivity contribution in [1.29, 1.82) is 0 Å². The van der Waals surface area contributed by atoms with Crippen LogP contribution in [0.3, 0.4) is 0 Å². The van der Waals surface area contributed by atoms with Crippen molar-refractivity contribution in [2.24, 2.45) is 0 Å². The Kier molecular flexibility index (Phi) is 7.11. The number of rotatable bonds is 7. The standard InChI is InChI=1S/C33H33N5O/c1-36-19-21-37(22-20-36)29-17-11-25(12-18-29)23-34-33(39)28-15-13-27(14-16-28)32-35-30-9-5-6-10-31(30)38(32)24-26-7-3-2-4-8-26/h2-18H,19-24H2,1H3,(H,34,39). The highest BCUT2D eigenvalue weighted by Crippen LogP contribution is 2.26. The van der Waals surface area contributed by atoms with Crippen molar-refractivity contribution in [3.8, 4) is 11.4 Å². The van der Waals surface area contributed by atoms with E-state index < -0.39 is 0 Å². The highest BCUT2D eigenvalue weighted by atomic mass is 16.1. The summed E-state index contributed by atoms with van der Waals surface area (Å²) >= 11 is 0. The van der Waals surface area contributed by atoms with Gasteiger partial charge in [0.15, 0.2) is 0 Å². The summed E-state index contributed by atoms with van der Waals surface area (Å²) in [6, 6.07) is 34.9. The van der Waals surface area contributed by atoms with Crippen LogP contribution in [0.5, 0.6) is 0 Å². The second kappa shape index (κ2) is 11.1. The molecule has 0 atom stereocenters. The molecule has 39 heavy (non-hydrogen) atoms. The normalized spacial score (nSPS) is 14.0. The van der Waals surface area contributed by atoms with E-state index in [1.165, 1.54) is 11.3 Å². The number of nitrogens with one attached hydrogen (secondary N) is 1. The third kappa shape index (κ3) is 5.56. The van der Waals surface area contributed by atoms with Gasteiger partial charge in [0.2, 0.25) is 0 Å². The monoisotopic (exact) mass is 515 g/mol. The van der Waals surface area contributed by atoms with Gasteiger partial charge >= 0.3 is 0 Å². The number of benzene rings is 4. The van der Waals surface area contributed by atoms with Gasteiger partial charge in [-0.1, -0.05) is 66.7 Å². The Morgan fingerprint density at radius 1 is 0.769 bits per heavy atom. The average molecular weight is 516 g/mol. The molecule has 5 aromatic rings. The second-order valence-electron chi connectivity index (χ2n) is 10.2. The van der Waals surface area contributed by atoms with E-state index in [9.17, 15) is 4.79 Å². The quantitative estimate of drug-likeness (QED) is 0.314. The largest absolute Gasteiger partial charge is 0.369 e. The molecular formula is C33H33N5O. The van der Waals surface area contributed by atoms with Gasteiger partial charge in [-0.3, -0.25) is 4.79 Å². The number of imidazole rings is 1. The first-order valence-corrected chi connectivity index (χ1v) is 13.5. The predicted octanol–water partition coefficient (Wildman–Crippen LogP) is 5.43. The van der Waals surface area contributed by atoms with Crippen LogP contribution in [0.15, 0.2) is 103 Å². The summed E-state index contributed by atoms with van der Waals surface area (Å²) in [7, 11) is 2.17. The molecule has 1 N–H and O–H groups in total. The zero-order valence-electron chi connectivity index (χ0n) is 22.3. The number of carbonyl (C=O) groups excluding carboxylic acids is 1. The molecule has 0 spiro atoms. The van der Waals surface area contributed by atoms with E-state index in [0.29, 0.717) is 12.1 Å². The number of nitrogens with zero attached hydrogens (tertiary/aromatic N) is 4. The number of carbonyl (C=O) groups is 1. The Balaban J connectivity index is 1.14. The fourth-order valence-electron chi connectivity index (χ4n) is 5.17. The lowest BCUT2D eigenvalue weighted by Crippen LogP contribution is -2.44. The molecule has 0 saturated carbocycles. The second-order valence-corrected chi connectivity index (χ2v) is 10.2. The summed E-state index contributed by atoms with van der Waals surface area (Å²) in [5.74, 6) is 0.815. The first kappa shape index (κ1) is 24.9. The number of anilines is 1. The molecular weight excluding hydrogens is 482 g/mol. The third-order valence-electron chi connectivity index (χ3n) is 7.50. The average Bonchev–Trinajstić information content (AvgIpc) is 3.35. The first-order chi connectivity index (χ1) is 19.1. The Bertz CT molecular complexity index is 1550. The Labute approximate surface area is 229 Å². The number of fused-ring (bicyclic) bond motifs is 1. The summed E-state index contributed by atoms with van der Waals surface area (Å²) in [5, 5.41) is 3.06. The number of piperazine rings is 1. The summed E-state index contributed by atoms with van der Waals surface area (Å²) in [5.41, 5.74) is 7.23. The molecule has 2 heterocycles. The molecule has 0 aliphatic carbocycles. The highest BCUT2D eigenvalue weighted by molar-refractivity contribution is 5.94. The molecule has 6 rings (SSSR count). The number of likely N-dealkylation sites (N-methyl/N-ethyl adjacent to an activating group) is 1. The Morgan fingerprint density at radius 2 is 1.46 bits per heavy atom. The van der Waals surface area contributed by atoms with E-state index in [-0.39, 0.29) is 5.91 Å². The van der Waals surface area contributed by atoms with Crippen LogP contribution in [0.1, 0.15) is 21.5 Å². The molecule has 1 aliphatic rings. The van der Waals surface area contributed by atoms with Gasteiger partial charge in [-0.15, -0.1) is 0 Å². The van der Waals surface area contributed by atoms with Crippen molar-refractivity contribution in [1.82, 2.24) is 19.8 Å². The maximum Gasteiger partial charge on any atom is 0.251 e. The Hall–Kier alpha value is -4.42. The maximum atomic E-state index is 12.9. The first-order valence-electron chi connectivity index (χ1n) is 13.5. The fourth-order valence-corrected chi connectivity index (χ4v) is 5.17. The number of hydrogen-bond acceptors (Lipinski definition) is 4.